The van der Waals surface area contributed by atoms with Crippen molar-refractivity contribution >= 4 is 17.6 Å². The van der Waals surface area contributed by atoms with Gasteiger partial charge >= 0.3 is 0 Å². The summed E-state index contributed by atoms with van der Waals surface area (Å²) in [4.78, 5) is 21.1. The van der Waals surface area contributed by atoms with Crippen molar-refractivity contribution < 1.29 is 9.32 Å². The number of amides is 1. The van der Waals surface area contributed by atoms with E-state index in [0.29, 0.717) is 37.9 Å². The Bertz CT molecular complexity index is 1020. The largest absolute Gasteiger partial charge is 0.356 e. The second-order valence-corrected chi connectivity index (χ2v) is 7.06. The van der Waals surface area contributed by atoms with Gasteiger partial charge < -0.3 is 19.6 Å². The molecule has 9 heteroatoms. The van der Waals surface area contributed by atoms with Crippen LogP contribution in [0.1, 0.15) is 12.6 Å². The van der Waals surface area contributed by atoms with Crippen LogP contribution in [0.3, 0.4) is 0 Å². The van der Waals surface area contributed by atoms with E-state index in [-0.39, 0.29) is 12.5 Å². The minimum Gasteiger partial charge on any atom is -0.356 e. The summed E-state index contributed by atoms with van der Waals surface area (Å²) < 4.78 is 7.15. The molecule has 0 spiro atoms. The lowest BCUT2D eigenvalue weighted by molar-refractivity contribution is -0.120. The molecule has 1 saturated heterocycles. The zero-order valence-electron chi connectivity index (χ0n) is 17.2. The Balaban J connectivity index is 1.43. The van der Waals surface area contributed by atoms with Crippen LogP contribution in [0.5, 0.6) is 0 Å². The van der Waals surface area contributed by atoms with Gasteiger partial charge in [-0.15, -0.1) is 0 Å². The van der Waals surface area contributed by atoms with Crippen molar-refractivity contribution in [1.29, 1.82) is 0 Å². The summed E-state index contributed by atoms with van der Waals surface area (Å²) in [5, 5.41) is 11.6. The fourth-order valence-electron chi connectivity index (χ4n) is 3.38. The molecule has 2 aromatic heterocycles. The Morgan fingerprint density at radius 2 is 2.10 bits per heavy atom. The van der Waals surface area contributed by atoms with E-state index in [0.717, 1.165) is 16.9 Å². The molecule has 4 rings (SSSR count). The number of aromatic nitrogens is 3. The van der Waals surface area contributed by atoms with Gasteiger partial charge in [0, 0.05) is 44.5 Å². The third kappa shape index (κ3) is 4.35. The van der Waals surface area contributed by atoms with Gasteiger partial charge in [0.15, 0.2) is 11.7 Å². The Kier molecular flexibility index (Phi) is 5.78. The number of benzene rings is 1. The van der Waals surface area contributed by atoms with Crippen molar-refractivity contribution in [2.24, 2.45) is 12.0 Å². The number of nitrogens with zero attached hydrogens (tertiary/aromatic N) is 6. The molecule has 156 valence electrons. The molecule has 0 saturated carbocycles. The number of carbonyl (C=O) groups is 1. The maximum absolute atomic E-state index is 12.7. The monoisotopic (exact) mass is 407 g/mol. The van der Waals surface area contributed by atoms with Crippen LogP contribution in [-0.2, 0) is 18.4 Å². The summed E-state index contributed by atoms with van der Waals surface area (Å²) in [7, 11) is 1.84. The molecule has 1 N–H and O–H groups in total. The van der Waals surface area contributed by atoms with Crippen LogP contribution in [0.15, 0.2) is 58.3 Å². The first-order chi connectivity index (χ1) is 14.6. The summed E-state index contributed by atoms with van der Waals surface area (Å²) >= 11 is 0. The van der Waals surface area contributed by atoms with Crippen LogP contribution in [0.2, 0.25) is 0 Å². The maximum atomic E-state index is 12.7. The molecule has 1 fully saturated rings. The Labute approximate surface area is 175 Å². The van der Waals surface area contributed by atoms with E-state index in [4.69, 9.17) is 4.52 Å². The summed E-state index contributed by atoms with van der Waals surface area (Å²) in [6.45, 7) is 4.61. The average molecular weight is 407 g/mol. The lowest BCUT2D eigenvalue weighted by Crippen LogP contribution is -2.55. The van der Waals surface area contributed by atoms with Crippen molar-refractivity contribution in [2.45, 2.75) is 13.5 Å². The second kappa shape index (κ2) is 8.81. The van der Waals surface area contributed by atoms with Gasteiger partial charge in [0.1, 0.15) is 12.2 Å². The molecule has 1 amide bonds. The van der Waals surface area contributed by atoms with Gasteiger partial charge in [-0.2, -0.15) is 5.10 Å². The zero-order valence-corrected chi connectivity index (χ0v) is 17.2. The molecular weight excluding hydrogens is 382 g/mol. The number of anilines is 1. The minimum atomic E-state index is 0.0210. The third-order valence-corrected chi connectivity index (χ3v) is 4.87. The van der Waals surface area contributed by atoms with Gasteiger partial charge in [0.2, 0.25) is 5.91 Å². The highest BCUT2D eigenvalue weighted by Gasteiger charge is 2.27. The fraction of sp³-hybridized carbons (Fsp3) is 0.333. The highest BCUT2D eigenvalue weighted by Crippen LogP contribution is 2.20. The van der Waals surface area contributed by atoms with E-state index < -0.39 is 0 Å². The zero-order chi connectivity index (χ0) is 20.9. The Morgan fingerprint density at radius 3 is 2.80 bits per heavy atom. The Morgan fingerprint density at radius 1 is 1.27 bits per heavy atom. The van der Waals surface area contributed by atoms with Crippen molar-refractivity contribution in [3.05, 3.63) is 54.5 Å². The molecule has 0 radical (unpaired) electrons. The topological polar surface area (TPSA) is 91.8 Å². The van der Waals surface area contributed by atoms with Gasteiger partial charge in [-0.25, -0.2) is 4.99 Å². The first-order valence-electron chi connectivity index (χ1n) is 9.97. The summed E-state index contributed by atoms with van der Waals surface area (Å²) in [5.41, 5.74) is 2.54. The maximum Gasteiger partial charge on any atom is 0.246 e. The standard InChI is InChI=1S/C21H25N7O2/c1-3-22-21(23-12-17-11-19(30-25-17)16-7-5-4-6-8-16)27-9-10-28(20(29)15-27)18-13-24-26(2)14-18/h4-8,11,13-14H,3,9-10,12,15H2,1-2H3,(H,22,23). The predicted molar refractivity (Wildman–Crippen MR) is 114 cm³/mol. The number of aliphatic imine (C=N–C) groups is 1. The summed E-state index contributed by atoms with van der Waals surface area (Å²) in [6, 6.07) is 11.7. The van der Waals surface area contributed by atoms with E-state index in [1.54, 1.807) is 15.8 Å². The van der Waals surface area contributed by atoms with Crippen molar-refractivity contribution in [2.75, 3.05) is 31.1 Å². The fourth-order valence-corrected chi connectivity index (χ4v) is 3.38. The van der Waals surface area contributed by atoms with Crippen LogP contribution >= 0.6 is 0 Å². The average Bonchev–Trinajstić information content (AvgIpc) is 3.41. The molecule has 0 unspecified atom stereocenters. The van der Waals surface area contributed by atoms with Crippen LogP contribution < -0.4 is 10.2 Å². The molecule has 9 nitrogen and oxygen atoms in total. The number of hydrogen-bond acceptors (Lipinski definition) is 5. The smallest absolute Gasteiger partial charge is 0.246 e. The van der Waals surface area contributed by atoms with Crippen LogP contribution in [0.4, 0.5) is 5.69 Å². The van der Waals surface area contributed by atoms with E-state index in [1.165, 1.54) is 0 Å². The number of guanidine groups is 1. The molecule has 1 aromatic carbocycles. The number of aryl methyl sites for hydroxylation is 1. The first kappa shape index (κ1) is 19.7. The number of carbonyl (C=O) groups excluding carboxylic acids is 1. The van der Waals surface area contributed by atoms with Gasteiger partial charge in [-0.3, -0.25) is 9.48 Å². The highest BCUT2D eigenvalue weighted by atomic mass is 16.5. The molecule has 0 bridgehead atoms. The highest BCUT2D eigenvalue weighted by molar-refractivity contribution is 5.98. The van der Waals surface area contributed by atoms with Gasteiger partial charge in [-0.1, -0.05) is 35.5 Å². The van der Waals surface area contributed by atoms with Crippen molar-refractivity contribution in [3.8, 4) is 11.3 Å². The quantitative estimate of drug-likeness (QED) is 0.513. The van der Waals surface area contributed by atoms with Crippen LogP contribution in [0, 0.1) is 0 Å². The number of rotatable bonds is 5. The molecule has 30 heavy (non-hydrogen) atoms. The van der Waals surface area contributed by atoms with Crippen molar-refractivity contribution in [3.63, 3.8) is 0 Å². The lowest BCUT2D eigenvalue weighted by atomic mass is 10.2. The summed E-state index contributed by atoms with van der Waals surface area (Å²) in [5.74, 6) is 1.43. The summed E-state index contributed by atoms with van der Waals surface area (Å²) in [6.07, 6.45) is 3.56. The number of piperazine rings is 1. The van der Waals surface area contributed by atoms with Crippen LogP contribution in [-0.4, -0.2) is 57.9 Å². The lowest BCUT2D eigenvalue weighted by Gasteiger charge is -2.35. The van der Waals surface area contributed by atoms with Gasteiger partial charge in [0.25, 0.3) is 0 Å². The van der Waals surface area contributed by atoms with Crippen LogP contribution in [0.25, 0.3) is 11.3 Å². The minimum absolute atomic E-state index is 0.0210. The van der Waals surface area contributed by atoms with Gasteiger partial charge in [-0.05, 0) is 6.92 Å². The second-order valence-electron chi connectivity index (χ2n) is 7.06. The first-order valence-corrected chi connectivity index (χ1v) is 9.97. The third-order valence-electron chi connectivity index (χ3n) is 4.87. The molecule has 1 aliphatic heterocycles. The SMILES string of the molecule is CCNC(=NCc1cc(-c2ccccc2)on1)N1CCN(c2cnn(C)c2)C(=O)C1. The molecule has 1 aliphatic rings. The normalized spacial score (nSPS) is 15.0. The van der Waals surface area contributed by atoms with E-state index in [1.807, 2.05) is 61.5 Å². The van der Waals surface area contributed by atoms with E-state index in [9.17, 15) is 4.79 Å². The molecule has 3 heterocycles. The van der Waals surface area contributed by atoms with Gasteiger partial charge in [0.05, 0.1) is 18.4 Å². The molecule has 0 aliphatic carbocycles. The molecule has 0 atom stereocenters. The number of nitrogens with one attached hydrogen (secondary N) is 1. The molecular formula is C21H25N7O2. The predicted octanol–water partition coefficient (Wildman–Crippen LogP) is 1.89. The Hall–Kier alpha value is -3.62. The molecule has 3 aromatic rings. The number of hydrogen-bond donors (Lipinski definition) is 1. The van der Waals surface area contributed by atoms with E-state index >= 15 is 0 Å². The van der Waals surface area contributed by atoms with E-state index in [2.05, 4.69) is 20.6 Å². The van der Waals surface area contributed by atoms with Crippen molar-refractivity contribution in [1.82, 2.24) is 25.2 Å².